The minimum absolute atomic E-state index is 0. The molecule has 4 heteroatoms. The molecule has 3 nitrogen and oxygen atoms in total. The highest BCUT2D eigenvalue weighted by atomic mass is 35.5. The lowest BCUT2D eigenvalue weighted by molar-refractivity contribution is -0.138. The molecule has 0 spiro atoms. The lowest BCUT2D eigenvalue weighted by Crippen LogP contribution is -2.32. The Hall–Kier alpha value is -2.62. The Balaban J connectivity index is 0.00000225. The first-order valence-electron chi connectivity index (χ1n) is 7.86. The van der Waals surface area contributed by atoms with E-state index < -0.39 is 12.0 Å². The van der Waals surface area contributed by atoms with Crippen molar-refractivity contribution in [2.24, 2.45) is 5.73 Å². The normalized spacial score (nSPS) is 11.4. The summed E-state index contributed by atoms with van der Waals surface area (Å²) in [5, 5.41) is 8.87. The van der Waals surface area contributed by atoms with Gasteiger partial charge in [0.15, 0.2) is 0 Å². The number of nitrogens with two attached hydrogens (primary N) is 1. The van der Waals surface area contributed by atoms with Gasteiger partial charge < -0.3 is 10.8 Å². The summed E-state index contributed by atoms with van der Waals surface area (Å²) in [7, 11) is 0. The van der Waals surface area contributed by atoms with Crippen molar-refractivity contribution in [1.82, 2.24) is 0 Å². The van der Waals surface area contributed by atoms with Gasteiger partial charge in [-0.2, -0.15) is 0 Å². The highest BCUT2D eigenvalue weighted by Gasteiger charge is 2.11. The van der Waals surface area contributed by atoms with Gasteiger partial charge in [0, 0.05) is 0 Å². The van der Waals surface area contributed by atoms with Gasteiger partial charge in [0.1, 0.15) is 6.04 Å². The summed E-state index contributed by atoms with van der Waals surface area (Å²) in [5.74, 6) is -0.976. The second kappa shape index (κ2) is 8.47. The Kier molecular flexibility index (Phi) is 6.34. The molecule has 3 aromatic carbocycles. The summed E-state index contributed by atoms with van der Waals surface area (Å²) in [6.07, 6.45) is 0.336. The second-order valence-corrected chi connectivity index (χ2v) is 5.79. The second-order valence-electron chi connectivity index (χ2n) is 5.79. The first-order valence-corrected chi connectivity index (χ1v) is 7.86. The molecule has 3 N–H and O–H groups in total. The van der Waals surface area contributed by atoms with Crippen LogP contribution in [0.3, 0.4) is 0 Å². The fraction of sp³-hybridized carbons (Fsp3) is 0.0952. The van der Waals surface area contributed by atoms with Gasteiger partial charge in [0.25, 0.3) is 0 Å². The highest BCUT2D eigenvalue weighted by Crippen LogP contribution is 2.25. The van der Waals surface area contributed by atoms with Crippen molar-refractivity contribution < 1.29 is 9.90 Å². The maximum atomic E-state index is 10.8. The Bertz CT molecular complexity index is 815. The van der Waals surface area contributed by atoms with Gasteiger partial charge in [0.2, 0.25) is 0 Å². The SMILES string of the molecule is Cl.N[C@@H](Cc1ccc(-c2ccc(-c3ccccc3)cc2)cc1)C(=O)O. The maximum absolute atomic E-state index is 10.8. The maximum Gasteiger partial charge on any atom is 0.320 e. The topological polar surface area (TPSA) is 63.3 Å². The van der Waals surface area contributed by atoms with Crippen LogP contribution in [0.15, 0.2) is 78.9 Å². The van der Waals surface area contributed by atoms with Crippen LogP contribution in [-0.2, 0) is 11.2 Å². The minimum Gasteiger partial charge on any atom is -0.480 e. The standard InChI is InChI=1S/C21H19NO2.ClH/c22-20(21(23)24)14-15-6-8-17(9-7-15)19-12-10-18(11-13-19)16-4-2-1-3-5-16;/h1-13,20H,14,22H2,(H,23,24);1H/t20-;/m0./s1. The van der Waals surface area contributed by atoms with Crippen LogP contribution >= 0.6 is 12.4 Å². The molecule has 128 valence electrons. The summed E-state index contributed by atoms with van der Waals surface area (Å²) in [6, 6.07) is 25.7. The van der Waals surface area contributed by atoms with E-state index in [1.807, 2.05) is 42.5 Å². The predicted octanol–water partition coefficient (Wildman–Crippen LogP) is 4.40. The molecular formula is C21H20ClNO2. The number of benzene rings is 3. The summed E-state index contributed by atoms with van der Waals surface area (Å²) < 4.78 is 0. The van der Waals surface area contributed by atoms with E-state index in [1.54, 1.807) is 0 Å². The van der Waals surface area contributed by atoms with E-state index in [0.29, 0.717) is 6.42 Å². The summed E-state index contributed by atoms with van der Waals surface area (Å²) >= 11 is 0. The van der Waals surface area contributed by atoms with Crippen LogP contribution in [0.1, 0.15) is 5.56 Å². The van der Waals surface area contributed by atoms with Gasteiger partial charge in [-0.15, -0.1) is 12.4 Å². The fourth-order valence-corrected chi connectivity index (χ4v) is 2.66. The van der Waals surface area contributed by atoms with Crippen molar-refractivity contribution in [3.05, 3.63) is 84.4 Å². The van der Waals surface area contributed by atoms with Crippen LogP contribution in [-0.4, -0.2) is 17.1 Å². The molecule has 1 atom stereocenters. The van der Waals surface area contributed by atoms with E-state index in [0.717, 1.165) is 16.7 Å². The zero-order valence-corrected chi connectivity index (χ0v) is 14.4. The smallest absolute Gasteiger partial charge is 0.320 e. The molecule has 3 rings (SSSR count). The highest BCUT2D eigenvalue weighted by molar-refractivity contribution is 5.85. The minimum atomic E-state index is -0.976. The van der Waals surface area contributed by atoms with Crippen LogP contribution < -0.4 is 5.73 Å². The third-order valence-electron chi connectivity index (χ3n) is 4.05. The molecule has 0 fully saturated rings. The first-order chi connectivity index (χ1) is 11.6. The van der Waals surface area contributed by atoms with Gasteiger partial charge in [-0.05, 0) is 34.2 Å². The third-order valence-corrected chi connectivity index (χ3v) is 4.05. The van der Waals surface area contributed by atoms with Crippen LogP contribution in [0.25, 0.3) is 22.3 Å². The Morgan fingerprint density at radius 1 is 0.760 bits per heavy atom. The van der Waals surface area contributed by atoms with E-state index in [2.05, 4.69) is 36.4 Å². The van der Waals surface area contributed by atoms with Gasteiger partial charge in [-0.25, -0.2) is 0 Å². The zero-order valence-electron chi connectivity index (χ0n) is 13.6. The van der Waals surface area contributed by atoms with Crippen LogP contribution in [0.5, 0.6) is 0 Å². The lowest BCUT2D eigenvalue weighted by Gasteiger charge is -2.08. The molecule has 3 aromatic rings. The molecule has 0 saturated carbocycles. The van der Waals surface area contributed by atoms with E-state index in [9.17, 15) is 4.79 Å². The first kappa shape index (κ1) is 18.7. The van der Waals surface area contributed by atoms with Crippen LogP contribution in [0, 0.1) is 0 Å². The lowest BCUT2D eigenvalue weighted by atomic mass is 9.98. The number of carboxylic acids is 1. The number of carbonyl (C=O) groups is 1. The van der Waals surface area contributed by atoms with E-state index >= 15 is 0 Å². The molecule has 0 aliphatic carbocycles. The molecule has 0 radical (unpaired) electrons. The number of carboxylic acid groups (broad SMARTS) is 1. The quantitative estimate of drug-likeness (QED) is 0.714. The number of aliphatic carboxylic acids is 1. The van der Waals surface area contributed by atoms with Crippen molar-refractivity contribution in [2.45, 2.75) is 12.5 Å². The Morgan fingerprint density at radius 3 is 1.60 bits per heavy atom. The average molecular weight is 354 g/mol. The number of hydrogen-bond acceptors (Lipinski definition) is 2. The number of rotatable bonds is 5. The molecule has 0 heterocycles. The molecule has 0 unspecified atom stereocenters. The number of halogens is 1. The fourth-order valence-electron chi connectivity index (χ4n) is 2.66. The monoisotopic (exact) mass is 353 g/mol. The van der Waals surface area contributed by atoms with Gasteiger partial charge in [0.05, 0.1) is 0 Å². The molecule has 0 aliphatic heterocycles. The summed E-state index contributed by atoms with van der Waals surface area (Å²) in [6.45, 7) is 0. The van der Waals surface area contributed by atoms with Gasteiger partial charge in [-0.3, -0.25) is 4.79 Å². The Labute approximate surface area is 153 Å². The molecule has 0 amide bonds. The van der Waals surface area contributed by atoms with Crippen molar-refractivity contribution in [3.8, 4) is 22.3 Å². The summed E-state index contributed by atoms with van der Waals surface area (Å²) in [4.78, 5) is 10.8. The number of hydrogen-bond donors (Lipinski definition) is 2. The zero-order chi connectivity index (χ0) is 16.9. The predicted molar refractivity (Wildman–Crippen MR) is 104 cm³/mol. The molecule has 0 saturated heterocycles. The van der Waals surface area contributed by atoms with Crippen molar-refractivity contribution >= 4 is 18.4 Å². The Morgan fingerprint density at radius 2 is 1.16 bits per heavy atom. The van der Waals surface area contributed by atoms with E-state index in [4.69, 9.17) is 10.8 Å². The van der Waals surface area contributed by atoms with Crippen molar-refractivity contribution in [1.29, 1.82) is 0 Å². The van der Waals surface area contributed by atoms with E-state index in [1.165, 1.54) is 11.1 Å². The van der Waals surface area contributed by atoms with Gasteiger partial charge in [-0.1, -0.05) is 78.9 Å². The average Bonchev–Trinajstić information content (AvgIpc) is 2.63. The van der Waals surface area contributed by atoms with Crippen LogP contribution in [0.4, 0.5) is 0 Å². The molecular weight excluding hydrogens is 334 g/mol. The summed E-state index contributed by atoms with van der Waals surface area (Å²) in [5.41, 5.74) is 11.1. The van der Waals surface area contributed by atoms with E-state index in [-0.39, 0.29) is 12.4 Å². The van der Waals surface area contributed by atoms with Gasteiger partial charge >= 0.3 is 5.97 Å². The molecule has 25 heavy (non-hydrogen) atoms. The van der Waals surface area contributed by atoms with Crippen LogP contribution in [0.2, 0.25) is 0 Å². The largest absolute Gasteiger partial charge is 0.480 e. The third kappa shape index (κ3) is 4.69. The molecule has 0 bridgehead atoms. The molecule has 0 aliphatic rings. The molecule has 0 aromatic heterocycles. The van der Waals surface area contributed by atoms with Crippen molar-refractivity contribution in [3.63, 3.8) is 0 Å². The van der Waals surface area contributed by atoms with Crippen molar-refractivity contribution in [2.75, 3.05) is 0 Å².